The van der Waals surface area contributed by atoms with Crippen LogP contribution in [0.1, 0.15) is 24.8 Å². The van der Waals surface area contributed by atoms with Crippen molar-refractivity contribution in [2.45, 2.75) is 25.3 Å². The van der Waals surface area contributed by atoms with Gasteiger partial charge in [-0.2, -0.15) is 0 Å². The summed E-state index contributed by atoms with van der Waals surface area (Å²) in [7, 11) is 0. The quantitative estimate of drug-likeness (QED) is 0.766. The molecule has 3 N–H and O–H groups in total. The van der Waals surface area contributed by atoms with Crippen LogP contribution in [0.15, 0.2) is 30.3 Å². The fraction of sp³-hybridized carbons (Fsp3) is 0.467. The molecule has 2 amide bonds. The summed E-state index contributed by atoms with van der Waals surface area (Å²) in [6, 6.07) is 9.73. The third-order valence-corrected chi connectivity index (χ3v) is 3.75. The zero-order valence-corrected chi connectivity index (χ0v) is 11.7. The molecule has 1 fully saturated rings. The van der Waals surface area contributed by atoms with E-state index in [4.69, 9.17) is 5.73 Å². The lowest BCUT2D eigenvalue weighted by molar-refractivity contribution is -0.140. The van der Waals surface area contributed by atoms with Crippen molar-refractivity contribution in [1.82, 2.24) is 10.2 Å². The number of hydrogen-bond donors (Lipinski definition) is 2. The molecular weight excluding hydrogens is 254 g/mol. The summed E-state index contributed by atoms with van der Waals surface area (Å²) in [6.07, 6.45) is 0.686. The zero-order valence-electron chi connectivity index (χ0n) is 11.7. The number of nitrogens with two attached hydrogens (primary N) is 1. The van der Waals surface area contributed by atoms with Crippen LogP contribution in [0, 0.1) is 0 Å². The molecule has 1 heterocycles. The van der Waals surface area contributed by atoms with Crippen LogP contribution in [-0.4, -0.2) is 42.4 Å². The first kappa shape index (κ1) is 14.7. The van der Waals surface area contributed by atoms with Crippen LogP contribution in [-0.2, 0) is 9.59 Å². The maximum Gasteiger partial charge on any atom is 0.243 e. The molecule has 1 aromatic rings. The highest BCUT2D eigenvalue weighted by Gasteiger charge is 2.33. The van der Waals surface area contributed by atoms with Crippen molar-refractivity contribution in [3.63, 3.8) is 0 Å². The third kappa shape index (κ3) is 3.23. The van der Waals surface area contributed by atoms with Crippen molar-refractivity contribution >= 4 is 11.8 Å². The van der Waals surface area contributed by atoms with Gasteiger partial charge >= 0.3 is 0 Å². The summed E-state index contributed by atoms with van der Waals surface area (Å²) in [5.74, 6) is -0.305. The molecule has 0 radical (unpaired) electrons. The lowest BCUT2D eigenvalue weighted by atomic mass is 9.97. The molecule has 20 heavy (non-hydrogen) atoms. The fourth-order valence-electron chi connectivity index (χ4n) is 2.68. The van der Waals surface area contributed by atoms with Crippen LogP contribution in [0.2, 0.25) is 0 Å². The highest BCUT2D eigenvalue weighted by molar-refractivity contribution is 6.01. The summed E-state index contributed by atoms with van der Waals surface area (Å²) >= 11 is 0. The minimum absolute atomic E-state index is 0.129. The predicted octanol–water partition coefficient (Wildman–Crippen LogP) is 0.466. The summed E-state index contributed by atoms with van der Waals surface area (Å²) in [4.78, 5) is 25.3. The second-order valence-electron chi connectivity index (χ2n) is 5.11. The van der Waals surface area contributed by atoms with Gasteiger partial charge in [0.05, 0.1) is 12.6 Å². The van der Waals surface area contributed by atoms with E-state index in [1.165, 1.54) is 0 Å². The Morgan fingerprint density at radius 2 is 2.05 bits per heavy atom. The molecule has 1 aromatic carbocycles. The Bertz CT molecular complexity index is 475. The first-order valence-electron chi connectivity index (χ1n) is 6.98. The smallest absolute Gasteiger partial charge is 0.243 e. The minimum Gasteiger partial charge on any atom is -0.330 e. The first-order chi connectivity index (χ1) is 9.65. The number of nitrogens with one attached hydrogen (secondary N) is 1. The van der Waals surface area contributed by atoms with Crippen LogP contribution in [0.25, 0.3) is 0 Å². The second kappa shape index (κ2) is 6.63. The van der Waals surface area contributed by atoms with Gasteiger partial charge in [-0.1, -0.05) is 37.3 Å². The van der Waals surface area contributed by atoms with Crippen LogP contribution in [0.4, 0.5) is 0 Å². The number of carbonyl (C=O) groups excluding carboxylic acids is 2. The molecule has 2 atom stereocenters. The number of piperazine rings is 1. The Morgan fingerprint density at radius 1 is 1.35 bits per heavy atom. The summed E-state index contributed by atoms with van der Waals surface area (Å²) in [5.41, 5.74) is 7.01. The van der Waals surface area contributed by atoms with Gasteiger partial charge in [0.15, 0.2) is 0 Å². The number of amides is 2. The average Bonchev–Trinajstić information content (AvgIpc) is 2.45. The Kier molecular flexibility index (Phi) is 4.87. The number of nitrogens with zero attached hydrogens (tertiary/aromatic N) is 1. The van der Waals surface area contributed by atoms with Gasteiger partial charge in [0, 0.05) is 19.0 Å². The molecule has 0 bridgehead atoms. The van der Waals surface area contributed by atoms with Crippen molar-refractivity contribution in [3.05, 3.63) is 35.9 Å². The number of carbonyl (C=O) groups is 2. The highest BCUT2D eigenvalue weighted by atomic mass is 16.2. The molecule has 1 aliphatic heterocycles. The van der Waals surface area contributed by atoms with E-state index in [0.29, 0.717) is 19.5 Å². The van der Waals surface area contributed by atoms with E-state index in [9.17, 15) is 9.59 Å². The molecule has 5 heteroatoms. The molecule has 0 spiro atoms. The number of benzene rings is 1. The van der Waals surface area contributed by atoms with E-state index in [2.05, 4.69) is 5.32 Å². The average molecular weight is 275 g/mol. The number of rotatable bonds is 5. The lowest BCUT2D eigenvalue weighted by Crippen LogP contribution is -2.58. The van der Waals surface area contributed by atoms with Crippen molar-refractivity contribution in [3.8, 4) is 0 Å². The van der Waals surface area contributed by atoms with Gasteiger partial charge in [-0.05, 0) is 12.0 Å². The highest BCUT2D eigenvalue weighted by Crippen LogP contribution is 2.19. The summed E-state index contributed by atoms with van der Waals surface area (Å²) < 4.78 is 0. The second-order valence-corrected chi connectivity index (χ2v) is 5.11. The van der Waals surface area contributed by atoms with Crippen LogP contribution in [0.3, 0.4) is 0 Å². The minimum atomic E-state index is -0.245. The van der Waals surface area contributed by atoms with Crippen molar-refractivity contribution in [2.24, 2.45) is 5.73 Å². The number of imide groups is 1. The Hall–Kier alpha value is -1.72. The molecule has 0 saturated carbocycles. The molecular formula is C15H21N3O2. The Balaban J connectivity index is 2.13. The van der Waals surface area contributed by atoms with E-state index in [0.717, 1.165) is 5.56 Å². The van der Waals surface area contributed by atoms with Gasteiger partial charge in [-0.3, -0.25) is 19.8 Å². The summed E-state index contributed by atoms with van der Waals surface area (Å²) in [6.45, 7) is 3.32. The molecule has 1 saturated heterocycles. The summed E-state index contributed by atoms with van der Waals surface area (Å²) in [5, 5.41) is 2.39. The van der Waals surface area contributed by atoms with Crippen molar-refractivity contribution in [1.29, 1.82) is 0 Å². The predicted molar refractivity (Wildman–Crippen MR) is 77.0 cm³/mol. The van der Waals surface area contributed by atoms with Gasteiger partial charge < -0.3 is 5.73 Å². The number of hydrogen-bond acceptors (Lipinski definition) is 4. The van der Waals surface area contributed by atoms with Crippen LogP contribution >= 0.6 is 0 Å². The molecule has 108 valence electrons. The largest absolute Gasteiger partial charge is 0.330 e. The van der Waals surface area contributed by atoms with Crippen LogP contribution in [0.5, 0.6) is 0 Å². The van der Waals surface area contributed by atoms with Crippen LogP contribution < -0.4 is 11.1 Å². The third-order valence-electron chi connectivity index (χ3n) is 3.75. The van der Waals surface area contributed by atoms with Gasteiger partial charge in [-0.25, -0.2) is 0 Å². The zero-order chi connectivity index (χ0) is 14.5. The molecule has 5 nitrogen and oxygen atoms in total. The van der Waals surface area contributed by atoms with Crippen molar-refractivity contribution in [2.75, 3.05) is 19.6 Å². The molecule has 2 rings (SSSR count). The van der Waals surface area contributed by atoms with E-state index in [-0.39, 0.29) is 30.3 Å². The Labute approximate surface area is 119 Å². The van der Waals surface area contributed by atoms with Gasteiger partial charge in [0.1, 0.15) is 0 Å². The standard InChI is InChI=1S/C15H21N3O2/c1-2-13-15(20)17-14(19)10-18(13)9-12(8-16)11-6-4-3-5-7-11/h3-7,12-13H,2,8-10,16H2,1H3,(H,17,19,20). The maximum absolute atomic E-state index is 11.8. The lowest BCUT2D eigenvalue weighted by Gasteiger charge is -2.35. The van der Waals surface area contributed by atoms with Gasteiger partial charge in [-0.15, -0.1) is 0 Å². The molecule has 1 aliphatic rings. The van der Waals surface area contributed by atoms with E-state index in [1.54, 1.807) is 0 Å². The molecule has 0 aliphatic carbocycles. The van der Waals surface area contributed by atoms with Crippen molar-refractivity contribution < 1.29 is 9.59 Å². The Morgan fingerprint density at radius 3 is 2.65 bits per heavy atom. The maximum atomic E-state index is 11.8. The topological polar surface area (TPSA) is 75.4 Å². The normalized spacial score (nSPS) is 21.6. The van der Waals surface area contributed by atoms with E-state index < -0.39 is 0 Å². The first-order valence-corrected chi connectivity index (χ1v) is 6.98. The van der Waals surface area contributed by atoms with Gasteiger partial charge in [0.2, 0.25) is 11.8 Å². The monoisotopic (exact) mass is 275 g/mol. The SMILES string of the molecule is CCC1C(=O)NC(=O)CN1CC(CN)c1ccccc1. The molecule has 0 aromatic heterocycles. The fourth-order valence-corrected chi connectivity index (χ4v) is 2.68. The molecule has 2 unspecified atom stereocenters. The van der Waals surface area contributed by atoms with E-state index >= 15 is 0 Å². The van der Waals surface area contributed by atoms with Gasteiger partial charge in [0.25, 0.3) is 0 Å². The van der Waals surface area contributed by atoms with E-state index in [1.807, 2.05) is 42.2 Å².